The molecule has 1 aromatic carbocycles. The van der Waals surface area contributed by atoms with Crippen LogP contribution in [0.4, 0.5) is 15.8 Å². The number of amides is 1. The maximum absolute atomic E-state index is 13.3. The molecule has 0 radical (unpaired) electrons. The van der Waals surface area contributed by atoms with Gasteiger partial charge in [0.1, 0.15) is 5.82 Å². The van der Waals surface area contributed by atoms with Crippen molar-refractivity contribution in [1.29, 1.82) is 0 Å². The van der Waals surface area contributed by atoms with Crippen molar-refractivity contribution >= 4 is 27.6 Å². The third-order valence-corrected chi connectivity index (χ3v) is 2.02. The highest BCUT2D eigenvalue weighted by Crippen LogP contribution is 2.19. The van der Waals surface area contributed by atoms with E-state index in [1.807, 2.05) is 0 Å². The molecule has 1 aromatic rings. The number of halogens is 1. The zero-order valence-electron chi connectivity index (χ0n) is 8.19. The Morgan fingerprint density at radius 3 is 2.50 bits per heavy atom. The van der Waals surface area contributed by atoms with Crippen molar-refractivity contribution in [2.24, 2.45) is 0 Å². The van der Waals surface area contributed by atoms with Crippen molar-refractivity contribution in [2.45, 2.75) is 6.92 Å². The van der Waals surface area contributed by atoms with Gasteiger partial charge in [-0.25, -0.2) is 4.39 Å². The van der Waals surface area contributed by atoms with E-state index in [1.165, 1.54) is 19.1 Å². The summed E-state index contributed by atoms with van der Waals surface area (Å²) in [5.41, 5.74) is -0.220. The molecular formula is C8H9FN2O4S. The molecule has 1 rings (SSSR count). The van der Waals surface area contributed by atoms with Gasteiger partial charge in [0.15, 0.2) is 0 Å². The Morgan fingerprint density at radius 2 is 2.06 bits per heavy atom. The first-order valence-electron chi connectivity index (χ1n) is 4.10. The van der Waals surface area contributed by atoms with Crippen LogP contribution in [0.1, 0.15) is 6.92 Å². The lowest BCUT2D eigenvalue weighted by molar-refractivity contribution is -0.114. The lowest BCUT2D eigenvalue weighted by Gasteiger charge is -2.06. The SMILES string of the molecule is CC(=O)Nc1ccc(NS(=O)(=O)O)cc1F. The normalized spacial score (nSPS) is 10.9. The van der Waals surface area contributed by atoms with Gasteiger partial charge < -0.3 is 5.32 Å². The Bertz CT molecular complexity index is 515. The minimum absolute atomic E-state index is 0.0756. The van der Waals surface area contributed by atoms with Crippen LogP contribution in [0.3, 0.4) is 0 Å². The van der Waals surface area contributed by atoms with Crippen molar-refractivity contribution in [2.75, 3.05) is 10.0 Å². The van der Waals surface area contributed by atoms with Crippen LogP contribution in [0.2, 0.25) is 0 Å². The highest BCUT2D eigenvalue weighted by atomic mass is 32.2. The third kappa shape index (κ3) is 3.83. The van der Waals surface area contributed by atoms with Gasteiger partial charge in [0.05, 0.1) is 11.4 Å². The fourth-order valence-corrected chi connectivity index (χ4v) is 1.44. The second-order valence-electron chi connectivity index (χ2n) is 2.95. The minimum atomic E-state index is -4.43. The van der Waals surface area contributed by atoms with E-state index in [0.717, 1.165) is 6.07 Å². The minimum Gasteiger partial charge on any atom is -0.324 e. The van der Waals surface area contributed by atoms with Gasteiger partial charge in [-0.3, -0.25) is 14.1 Å². The summed E-state index contributed by atoms with van der Waals surface area (Å²) >= 11 is 0. The standard InChI is InChI=1S/C8H9FN2O4S/c1-5(12)10-8-3-2-6(4-7(8)9)11-16(13,14)15/h2-4,11H,1H3,(H,10,12)(H,13,14,15). The predicted molar refractivity (Wildman–Crippen MR) is 55.9 cm³/mol. The maximum atomic E-state index is 13.3. The maximum Gasteiger partial charge on any atom is 0.357 e. The molecule has 3 N–H and O–H groups in total. The van der Waals surface area contributed by atoms with Gasteiger partial charge in [-0.2, -0.15) is 8.42 Å². The molecule has 0 saturated heterocycles. The van der Waals surface area contributed by atoms with Gasteiger partial charge in [-0.05, 0) is 12.1 Å². The summed E-state index contributed by atoms with van der Waals surface area (Å²) in [5.74, 6) is -1.27. The summed E-state index contributed by atoms with van der Waals surface area (Å²) < 4.78 is 44.2. The first-order valence-corrected chi connectivity index (χ1v) is 5.54. The number of rotatable bonds is 3. The number of carbonyl (C=O) groups is 1. The predicted octanol–water partition coefficient (Wildman–Crippen LogP) is 0.999. The number of benzene rings is 1. The van der Waals surface area contributed by atoms with E-state index in [-0.39, 0.29) is 11.4 Å². The second kappa shape index (κ2) is 4.45. The summed E-state index contributed by atoms with van der Waals surface area (Å²) in [6.07, 6.45) is 0. The molecule has 16 heavy (non-hydrogen) atoms. The molecule has 0 heterocycles. The molecule has 0 unspecified atom stereocenters. The molecule has 0 saturated carbocycles. The van der Waals surface area contributed by atoms with E-state index in [4.69, 9.17) is 4.55 Å². The lowest BCUT2D eigenvalue weighted by Crippen LogP contribution is -2.11. The van der Waals surface area contributed by atoms with Gasteiger partial charge in [0, 0.05) is 13.0 Å². The monoisotopic (exact) mass is 248 g/mol. The van der Waals surface area contributed by atoms with Crippen molar-refractivity contribution in [3.63, 3.8) is 0 Å². The fraction of sp³-hybridized carbons (Fsp3) is 0.125. The number of carbonyl (C=O) groups excluding carboxylic acids is 1. The third-order valence-electron chi connectivity index (χ3n) is 1.53. The zero-order valence-corrected chi connectivity index (χ0v) is 9.01. The first kappa shape index (κ1) is 12.4. The second-order valence-corrected chi connectivity index (χ2v) is 4.11. The average Bonchev–Trinajstić information content (AvgIpc) is 2.06. The zero-order chi connectivity index (χ0) is 12.3. The Labute approximate surface area is 91.4 Å². The summed E-state index contributed by atoms with van der Waals surface area (Å²) in [7, 11) is -4.43. The van der Waals surface area contributed by atoms with Gasteiger partial charge in [-0.1, -0.05) is 0 Å². The van der Waals surface area contributed by atoms with Gasteiger partial charge >= 0.3 is 10.3 Å². The quantitative estimate of drug-likeness (QED) is 0.695. The Kier molecular flexibility index (Phi) is 3.45. The molecule has 0 spiro atoms. The van der Waals surface area contributed by atoms with Crippen molar-refractivity contribution in [1.82, 2.24) is 0 Å². The molecule has 0 atom stereocenters. The molecule has 0 aliphatic carbocycles. The van der Waals surface area contributed by atoms with Gasteiger partial charge in [-0.15, -0.1) is 0 Å². The van der Waals surface area contributed by atoms with Crippen LogP contribution in [0.15, 0.2) is 18.2 Å². The van der Waals surface area contributed by atoms with Crippen molar-refractivity contribution in [3.05, 3.63) is 24.0 Å². The summed E-state index contributed by atoms with van der Waals surface area (Å²) in [5, 5.41) is 2.21. The van der Waals surface area contributed by atoms with Crippen molar-refractivity contribution in [3.8, 4) is 0 Å². The molecular weight excluding hydrogens is 239 g/mol. The van der Waals surface area contributed by atoms with Crippen molar-refractivity contribution < 1.29 is 22.2 Å². The molecule has 6 nitrogen and oxygen atoms in total. The highest BCUT2D eigenvalue weighted by molar-refractivity contribution is 7.87. The largest absolute Gasteiger partial charge is 0.357 e. The Balaban J connectivity index is 2.95. The molecule has 0 aromatic heterocycles. The molecule has 0 bridgehead atoms. The average molecular weight is 248 g/mol. The molecule has 0 aliphatic heterocycles. The number of anilines is 2. The first-order chi connectivity index (χ1) is 7.28. The highest BCUT2D eigenvalue weighted by Gasteiger charge is 2.08. The summed E-state index contributed by atoms with van der Waals surface area (Å²) in [6.45, 7) is 1.21. The Morgan fingerprint density at radius 1 is 1.44 bits per heavy atom. The molecule has 0 aliphatic rings. The number of hydrogen-bond acceptors (Lipinski definition) is 3. The smallest absolute Gasteiger partial charge is 0.324 e. The molecule has 8 heteroatoms. The topological polar surface area (TPSA) is 95.5 Å². The van der Waals surface area contributed by atoms with Crippen LogP contribution in [-0.4, -0.2) is 18.9 Å². The summed E-state index contributed by atoms with van der Waals surface area (Å²) in [6, 6.07) is 3.20. The van der Waals surface area contributed by atoms with Gasteiger partial charge in [0.2, 0.25) is 5.91 Å². The lowest BCUT2D eigenvalue weighted by atomic mass is 10.2. The van der Waals surface area contributed by atoms with E-state index in [0.29, 0.717) is 0 Å². The van der Waals surface area contributed by atoms with Crippen LogP contribution in [0, 0.1) is 5.82 Å². The van der Waals surface area contributed by atoms with Gasteiger partial charge in [0.25, 0.3) is 0 Å². The number of hydrogen-bond donors (Lipinski definition) is 3. The molecule has 1 amide bonds. The van der Waals surface area contributed by atoms with Crippen LogP contribution < -0.4 is 10.0 Å². The van der Waals surface area contributed by atoms with Crippen LogP contribution in [-0.2, 0) is 15.1 Å². The van der Waals surface area contributed by atoms with Crippen LogP contribution >= 0.6 is 0 Å². The van der Waals surface area contributed by atoms with E-state index < -0.39 is 22.0 Å². The van der Waals surface area contributed by atoms with Crippen LogP contribution in [0.25, 0.3) is 0 Å². The Hall–Kier alpha value is -1.67. The fourth-order valence-electron chi connectivity index (χ4n) is 1.02. The molecule has 88 valence electrons. The summed E-state index contributed by atoms with van der Waals surface area (Å²) in [4.78, 5) is 10.6. The number of nitrogens with one attached hydrogen (secondary N) is 2. The van der Waals surface area contributed by atoms with Crippen LogP contribution in [0.5, 0.6) is 0 Å². The van der Waals surface area contributed by atoms with E-state index in [1.54, 1.807) is 4.72 Å². The van der Waals surface area contributed by atoms with E-state index in [9.17, 15) is 17.6 Å². The molecule has 0 fully saturated rings. The van der Waals surface area contributed by atoms with E-state index >= 15 is 0 Å². The van der Waals surface area contributed by atoms with E-state index in [2.05, 4.69) is 5.32 Å².